The van der Waals surface area contributed by atoms with Gasteiger partial charge in [-0.1, -0.05) is 17.7 Å². The number of benzene rings is 1. The SMILES string of the molecule is [C-]#Cc1ccc(C)cc1.[Y]. The van der Waals surface area contributed by atoms with Crippen LogP contribution in [-0.4, -0.2) is 0 Å². The van der Waals surface area contributed by atoms with E-state index in [0.29, 0.717) is 0 Å². The summed E-state index contributed by atoms with van der Waals surface area (Å²) in [6.45, 7) is 2.02. The van der Waals surface area contributed by atoms with Crippen molar-refractivity contribution in [2.75, 3.05) is 0 Å². The van der Waals surface area contributed by atoms with Gasteiger partial charge in [-0.15, -0.1) is 17.7 Å². The molecule has 10 heavy (non-hydrogen) atoms. The molecule has 0 amide bonds. The van der Waals surface area contributed by atoms with Crippen LogP contribution in [0.15, 0.2) is 24.3 Å². The number of aryl methyl sites for hydroxylation is 1. The average Bonchev–Trinajstić information content (AvgIpc) is 1.90. The average molecular weight is 204 g/mol. The molecule has 0 N–H and O–H groups in total. The third-order valence-corrected chi connectivity index (χ3v) is 1.20. The summed E-state index contributed by atoms with van der Waals surface area (Å²) in [5.74, 6) is 2.30. The molecule has 1 aromatic rings. The first kappa shape index (κ1) is 9.88. The van der Waals surface area contributed by atoms with Crippen LogP contribution in [0.5, 0.6) is 0 Å². The Morgan fingerprint density at radius 1 is 1.20 bits per heavy atom. The Balaban J connectivity index is 0.000000810. The van der Waals surface area contributed by atoms with E-state index in [1.54, 1.807) is 0 Å². The van der Waals surface area contributed by atoms with Gasteiger partial charge in [-0.05, 0) is 6.92 Å². The molecule has 47 valence electrons. The zero-order valence-electron chi connectivity index (χ0n) is 5.89. The molecular formula is C9H7Y-. The zero-order chi connectivity index (χ0) is 6.69. The molecular weight excluding hydrogens is 197 g/mol. The third-order valence-electron chi connectivity index (χ3n) is 1.20. The summed E-state index contributed by atoms with van der Waals surface area (Å²) >= 11 is 0. The summed E-state index contributed by atoms with van der Waals surface area (Å²) in [6.07, 6.45) is 6.76. The van der Waals surface area contributed by atoms with Crippen molar-refractivity contribution < 1.29 is 32.7 Å². The maximum atomic E-state index is 6.76. The van der Waals surface area contributed by atoms with Crippen LogP contribution in [0.2, 0.25) is 0 Å². The molecule has 0 aromatic heterocycles. The van der Waals surface area contributed by atoms with Gasteiger partial charge in [-0.25, -0.2) is 0 Å². The van der Waals surface area contributed by atoms with E-state index in [0.717, 1.165) is 5.56 Å². The van der Waals surface area contributed by atoms with Crippen LogP contribution in [0.1, 0.15) is 11.1 Å². The first-order valence-electron chi connectivity index (χ1n) is 2.82. The molecule has 0 fully saturated rings. The molecule has 0 nitrogen and oxygen atoms in total. The molecule has 0 bridgehead atoms. The summed E-state index contributed by atoms with van der Waals surface area (Å²) < 4.78 is 0. The number of hydrogen-bond donors (Lipinski definition) is 0. The molecule has 0 heterocycles. The van der Waals surface area contributed by atoms with Gasteiger partial charge in [0.2, 0.25) is 0 Å². The molecule has 0 saturated heterocycles. The van der Waals surface area contributed by atoms with Gasteiger partial charge in [0.25, 0.3) is 0 Å². The van der Waals surface area contributed by atoms with Crippen molar-refractivity contribution >= 4 is 0 Å². The Hall–Kier alpha value is -0.116. The van der Waals surface area contributed by atoms with E-state index < -0.39 is 0 Å². The minimum absolute atomic E-state index is 0. The Kier molecular flexibility index (Phi) is 4.61. The van der Waals surface area contributed by atoms with Gasteiger partial charge in [-0.3, -0.25) is 5.92 Å². The van der Waals surface area contributed by atoms with Crippen molar-refractivity contribution in [3.05, 3.63) is 41.8 Å². The van der Waals surface area contributed by atoms with Gasteiger partial charge >= 0.3 is 0 Å². The normalized spacial score (nSPS) is 7.60. The Bertz CT molecular complexity index is 228. The second kappa shape index (κ2) is 4.66. The standard InChI is InChI=1S/C9H7.Y/c1-3-9-6-4-8(2)5-7-9;/h4-7H,2H3;/q-1;. The summed E-state index contributed by atoms with van der Waals surface area (Å²) in [6, 6.07) is 7.69. The first-order valence-corrected chi connectivity index (χ1v) is 2.82. The maximum Gasteiger partial charge on any atom is 0 e. The Morgan fingerprint density at radius 2 is 1.70 bits per heavy atom. The first-order chi connectivity index (χ1) is 4.33. The smallest absolute Gasteiger partial charge is 0 e. The van der Waals surface area contributed by atoms with Crippen LogP contribution in [-0.2, 0) is 32.7 Å². The van der Waals surface area contributed by atoms with Crippen LogP contribution in [0, 0.1) is 19.3 Å². The van der Waals surface area contributed by atoms with E-state index >= 15 is 0 Å². The van der Waals surface area contributed by atoms with Crippen molar-refractivity contribution in [3.63, 3.8) is 0 Å². The second-order valence-corrected chi connectivity index (χ2v) is 1.99. The van der Waals surface area contributed by atoms with Gasteiger partial charge in [0, 0.05) is 32.7 Å². The van der Waals surface area contributed by atoms with Gasteiger partial charge < -0.3 is 6.42 Å². The molecule has 0 saturated carbocycles. The van der Waals surface area contributed by atoms with Crippen molar-refractivity contribution in [1.82, 2.24) is 0 Å². The van der Waals surface area contributed by atoms with E-state index in [1.807, 2.05) is 31.2 Å². The third kappa shape index (κ3) is 2.65. The quantitative estimate of drug-likeness (QED) is 0.447. The van der Waals surface area contributed by atoms with Crippen LogP contribution in [0.4, 0.5) is 0 Å². The zero-order valence-corrected chi connectivity index (χ0v) is 8.73. The fourth-order valence-corrected chi connectivity index (χ4v) is 0.637. The number of rotatable bonds is 0. The summed E-state index contributed by atoms with van der Waals surface area (Å²) in [4.78, 5) is 0. The van der Waals surface area contributed by atoms with Gasteiger partial charge in [0.05, 0.1) is 0 Å². The second-order valence-electron chi connectivity index (χ2n) is 1.99. The molecule has 0 aliphatic heterocycles. The summed E-state index contributed by atoms with van der Waals surface area (Å²) in [5, 5.41) is 0. The molecule has 0 aliphatic rings. The predicted molar refractivity (Wildman–Crippen MR) is 37.4 cm³/mol. The van der Waals surface area contributed by atoms with Crippen molar-refractivity contribution in [1.29, 1.82) is 0 Å². The molecule has 0 aliphatic carbocycles. The predicted octanol–water partition coefficient (Wildman–Crippen LogP) is 1.93. The maximum absolute atomic E-state index is 6.76. The minimum atomic E-state index is 0. The van der Waals surface area contributed by atoms with Crippen LogP contribution in [0.3, 0.4) is 0 Å². The van der Waals surface area contributed by atoms with Crippen molar-refractivity contribution in [2.24, 2.45) is 0 Å². The number of hydrogen-bond acceptors (Lipinski definition) is 0. The van der Waals surface area contributed by atoms with E-state index in [9.17, 15) is 0 Å². The van der Waals surface area contributed by atoms with Crippen LogP contribution < -0.4 is 0 Å². The fraction of sp³-hybridized carbons (Fsp3) is 0.111. The summed E-state index contributed by atoms with van der Waals surface area (Å²) in [5.41, 5.74) is 2.05. The van der Waals surface area contributed by atoms with Crippen molar-refractivity contribution in [2.45, 2.75) is 6.92 Å². The minimum Gasteiger partial charge on any atom is -0.366 e. The van der Waals surface area contributed by atoms with Crippen molar-refractivity contribution in [3.8, 4) is 5.92 Å². The molecule has 0 spiro atoms. The van der Waals surface area contributed by atoms with E-state index in [-0.39, 0.29) is 32.7 Å². The molecule has 0 atom stereocenters. The van der Waals surface area contributed by atoms with Crippen LogP contribution >= 0.6 is 0 Å². The largest absolute Gasteiger partial charge is 0.366 e. The van der Waals surface area contributed by atoms with E-state index in [4.69, 9.17) is 6.42 Å². The Morgan fingerprint density at radius 3 is 2.10 bits per heavy atom. The van der Waals surface area contributed by atoms with Gasteiger partial charge in [0.15, 0.2) is 0 Å². The fourth-order valence-electron chi connectivity index (χ4n) is 0.637. The molecule has 0 unspecified atom stereocenters. The van der Waals surface area contributed by atoms with Gasteiger partial charge in [0.1, 0.15) is 0 Å². The molecule has 1 aromatic carbocycles. The molecule has 1 heteroatoms. The van der Waals surface area contributed by atoms with E-state index in [2.05, 4.69) is 5.92 Å². The molecule has 1 radical (unpaired) electrons. The Labute approximate surface area is 86.9 Å². The van der Waals surface area contributed by atoms with E-state index in [1.165, 1.54) is 5.56 Å². The molecule has 1 rings (SSSR count). The van der Waals surface area contributed by atoms with Crippen LogP contribution in [0.25, 0.3) is 0 Å². The summed E-state index contributed by atoms with van der Waals surface area (Å²) in [7, 11) is 0. The van der Waals surface area contributed by atoms with Gasteiger partial charge in [-0.2, -0.15) is 0 Å². The topological polar surface area (TPSA) is 0 Å². The monoisotopic (exact) mass is 204 g/mol.